The van der Waals surface area contributed by atoms with E-state index in [0.717, 1.165) is 16.9 Å². The molecule has 0 unspecified atom stereocenters. The van der Waals surface area contributed by atoms with Crippen LogP contribution in [0.15, 0.2) is 0 Å². The largest absolute Gasteiger partial charge is 0.453 e. The van der Waals surface area contributed by atoms with Gasteiger partial charge in [-0.3, -0.25) is 9.59 Å². The standard InChI is InChI=1S/C14H19N3O4S/c1-3-4-10(18)16-13-11(12(15)19)8-5-6-17(14(20)21-2)7-9(8)22-13/h3-7H2,1-2H3,(H2,15,19)(H,16,18). The van der Waals surface area contributed by atoms with E-state index in [0.29, 0.717) is 36.5 Å². The molecule has 2 heterocycles. The maximum absolute atomic E-state index is 11.8. The first-order valence-electron chi connectivity index (χ1n) is 7.05. The van der Waals surface area contributed by atoms with Gasteiger partial charge in [0.25, 0.3) is 5.91 Å². The molecule has 0 saturated heterocycles. The Labute approximate surface area is 132 Å². The van der Waals surface area contributed by atoms with Crippen molar-refractivity contribution in [3.63, 3.8) is 0 Å². The van der Waals surface area contributed by atoms with Gasteiger partial charge in [0.2, 0.25) is 5.91 Å². The minimum Gasteiger partial charge on any atom is -0.453 e. The minimum atomic E-state index is -0.559. The average Bonchev–Trinajstić information content (AvgIpc) is 2.83. The second kappa shape index (κ2) is 6.78. The quantitative estimate of drug-likeness (QED) is 0.879. The molecule has 1 aliphatic rings. The number of amides is 3. The van der Waals surface area contributed by atoms with Gasteiger partial charge in [-0.15, -0.1) is 11.3 Å². The van der Waals surface area contributed by atoms with Crippen molar-refractivity contribution in [2.75, 3.05) is 19.0 Å². The summed E-state index contributed by atoms with van der Waals surface area (Å²) in [4.78, 5) is 37.5. The van der Waals surface area contributed by atoms with Crippen LogP contribution in [0, 0.1) is 0 Å². The average molecular weight is 325 g/mol. The fourth-order valence-electron chi connectivity index (χ4n) is 2.45. The summed E-state index contributed by atoms with van der Waals surface area (Å²) < 4.78 is 4.72. The predicted molar refractivity (Wildman–Crippen MR) is 82.9 cm³/mol. The summed E-state index contributed by atoms with van der Waals surface area (Å²) in [5.41, 5.74) is 6.66. The molecule has 2 rings (SSSR count). The molecule has 1 aromatic heterocycles. The molecule has 1 aromatic rings. The molecule has 0 aliphatic carbocycles. The summed E-state index contributed by atoms with van der Waals surface area (Å²) in [6.07, 6.45) is 1.22. The van der Waals surface area contributed by atoms with Crippen LogP contribution < -0.4 is 11.1 Å². The number of hydrogen-bond acceptors (Lipinski definition) is 5. The molecule has 0 fully saturated rings. The van der Waals surface area contributed by atoms with Crippen LogP contribution in [0.2, 0.25) is 0 Å². The van der Waals surface area contributed by atoms with Crippen LogP contribution in [0.3, 0.4) is 0 Å². The van der Waals surface area contributed by atoms with Gasteiger partial charge in [-0.1, -0.05) is 6.92 Å². The molecule has 8 heteroatoms. The number of methoxy groups -OCH3 is 1. The van der Waals surface area contributed by atoms with E-state index >= 15 is 0 Å². The first-order valence-corrected chi connectivity index (χ1v) is 7.86. The lowest BCUT2D eigenvalue weighted by atomic mass is 10.0. The maximum atomic E-state index is 11.8. The summed E-state index contributed by atoms with van der Waals surface area (Å²) in [6.45, 7) is 2.72. The molecular weight excluding hydrogens is 306 g/mol. The van der Waals surface area contributed by atoms with Crippen molar-refractivity contribution in [1.29, 1.82) is 0 Å². The lowest BCUT2D eigenvalue weighted by Gasteiger charge is -2.25. The molecule has 0 saturated carbocycles. The van der Waals surface area contributed by atoms with Crippen molar-refractivity contribution in [3.05, 3.63) is 16.0 Å². The number of rotatable bonds is 4. The third-order valence-corrected chi connectivity index (χ3v) is 4.60. The predicted octanol–water partition coefficient (Wildman–Crippen LogP) is 1.71. The summed E-state index contributed by atoms with van der Waals surface area (Å²) in [6, 6.07) is 0. The zero-order valence-corrected chi connectivity index (χ0v) is 13.4. The Hall–Kier alpha value is -2.09. The lowest BCUT2D eigenvalue weighted by molar-refractivity contribution is -0.116. The van der Waals surface area contributed by atoms with Crippen molar-refractivity contribution in [3.8, 4) is 0 Å². The molecule has 3 N–H and O–H groups in total. The Morgan fingerprint density at radius 2 is 2.14 bits per heavy atom. The highest BCUT2D eigenvalue weighted by molar-refractivity contribution is 7.17. The number of hydrogen-bond donors (Lipinski definition) is 2. The summed E-state index contributed by atoms with van der Waals surface area (Å²) in [5.74, 6) is -0.704. The van der Waals surface area contributed by atoms with Gasteiger partial charge < -0.3 is 20.7 Å². The van der Waals surface area contributed by atoms with Gasteiger partial charge in [-0.05, 0) is 18.4 Å². The van der Waals surface area contributed by atoms with Crippen molar-refractivity contribution in [1.82, 2.24) is 4.90 Å². The van der Waals surface area contributed by atoms with E-state index in [4.69, 9.17) is 10.5 Å². The number of fused-ring (bicyclic) bond motifs is 1. The zero-order valence-electron chi connectivity index (χ0n) is 12.6. The molecule has 7 nitrogen and oxygen atoms in total. The smallest absolute Gasteiger partial charge is 0.409 e. The normalized spacial score (nSPS) is 13.5. The van der Waals surface area contributed by atoms with Gasteiger partial charge in [0.15, 0.2) is 0 Å². The number of nitrogens with zero attached hydrogens (tertiary/aromatic N) is 1. The molecule has 120 valence electrons. The van der Waals surface area contributed by atoms with Gasteiger partial charge in [0, 0.05) is 17.8 Å². The summed E-state index contributed by atoms with van der Waals surface area (Å²) in [7, 11) is 1.33. The highest BCUT2D eigenvalue weighted by atomic mass is 32.1. The highest BCUT2D eigenvalue weighted by Crippen LogP contribution is 2.37. The van der Waals surface area contributed by atoms with Crippen LogP contribution in [0.1, 0.15) is 40.6 Å². The highest BCUT2D eigenvalue weighted by Gasteiger charge is 2.29. The van der Waals surface area contributed by atoms with Crippen LogP contribution in [0.25, 0.3) is 0 Å². The number of carbonyl (C=O) groups excluding carboxylic acids is 3. The fraction of sp³-hybridized carbons (Fsp3) is 0.500. The molecule has 3 amide bonds. The molecule has 0 bridgehead atoms. The maximum Gasteiger partial charge on any atom is 0.409 e. The molecule has 0 aromatic carbocycles. The summed E-state index contributed by atoms with van der Waals surface area (Å²) in [5, 5.41) is 3.23. The van der Waals surface area contributed by atoms with Crippen molar-refractivity contribution in [2.24, 2.45) is 5.73 Å². The number of anilines is 1. The lowest BCUT2D eigenvalue weighted by Crippen LogP contribution is -2.35. The van der Waals surface area contributed by atoms with Crippen LogP contribution in [-0.4, -0.2) is 36.5 Å². The Morgan fingerprint density at radius 3 is 2.73 bits per heavy atom. The number of thiophene rings is 1. The molecule has 22 heavy (non-hydrogen) atoms. The van der Waals surface area contributed by atoms with Gasteiger partial charge in [-0.25, -0.2) is 4.79 Å². The van der Waals surface area contributed by atoms with Gasteiger partial charge in [0.05, 0.1) is 19.2 Å². The monoisotopic (exact) mass is 325 g/mol. The second-order valence-corrected chi connectivity index (χ2v) is 6.12. The van der Waals surface area contributed by atoms with Crippen LogP contribution >= 0.6 is 11.3 Å². The van der Waals surface area contributed by atoms with Crippen LogP contribution in [-0.2, 0) is 22.5 Å². The Morgan fingerprint density at radius 1 is 1.41 bits per heavy atom. The van der Waals surface area contributed by atoms with Gasteiger partial charge in [-0.2, -0.15) is 0 Å². The molecule has 0 atom stereocenters. The molecular formula is C14H19N3O4S. The Balaban J connectivity index is 2.30. The van der Waals surface area contributed by atoms with E-state index in [9.17, 15) is 14.4 Å². The topological polar surface area (TPSA) is 102 Å². The van der Waals surface area contributed by atoms with Gasteiger partial charge >= 0.3 is 6.09 Å². The number of nitrogens with one attached hydrogen (secondary N) is 1. The Bertz CT molecular complexity index is 611. The molecule has 0 radical (unpaired) electrons. The zero-order chi connectivity index (χ0) is 16.3. The van der Waals surface area contributed by atoms with E-state index in [1.807, 2.05) is 6.92 Å². The van der Waals surface area contributed by atoms with E-state index in [1.54, 1.807) is 4.90 Å². The number of ether oxygens (including phenoxy) is 1. The number of nitrogens with two attached hydrogens (primary N) is 1. The van der Waals surface area contributed by atoms with E-state index in [1.165, 1.54) is 18.4 Å². The van der Waals surface area contributed by atoms with Gasteiger partial charge in [0.1, 0.15) is 5.00 Å². The van der Waals surface area contributed by atoms with E-state index in [-0.39, 0.29) is 5.91 Å². The number of carbonyl (C=O) groups is 3. The van der Waals surface area contributed by atoms with E-state index < -0.39 is 12.0 Å². The summed E-state index contributed by atoms with van der Waals surface area (Å²) >= 11 is 1.29. The first kappa shape index (κ1) is 16.3. The van der Waals surface area contributed by atoms with Crippen molar-refractivity contribution < 1.29 is 19.1 Å². The fourth-order valence-corrected chi connectivity index (χ4v) is 3.74. The van der Waals surface area contributed by atoms with Crippen LogP contribution in [0.5, 0.6) is 0 Å². The molecule has 0 spiro atoms. The third-order valence-electron chi connectivity index (χ3n) is 3.47. The van der Waals surface area contributed by atoms with E-state index in [2.05, 4.69) is 5.32 Å². The second-order valence-electron chi connectivity index (χ2n) is 5.01. The Kier molecular flexibility index (Phi) is 5.02. The third kappa shape index (κ3) is 3.22. The minimum absolute atomic E-state index is 0.145. The van der Waals surface area contributed by atoms with Crippen LogP contribution in [0.4, 0.5) is 9.80 Å². The van der Waals surface area contributed by atoms with Crippen molar-refractivity contribution >= 4 is 34.2 Å². The van der Waals surface area contributed by atoms with Crippen molar-refractivity contribution in [2.45, 2.75) is 32.7 Å². The SMILES string of the molecule is CCCC(=O)Nc1sc2c(c1C(N)=O)CCN(C(=O)OC)C2. The number of primary amides is 1. The molecule has 1 aliphatic heterocycles. The first-order chi connectivity index (χ1) is 10.5.